The molecule has 4 nitrogen and oxygen atoms in total. The van der Waals surface area contributed by atoms with Crippen LogP contribution in [0.2, 0.25) is 0 Å². The molecule has 1 spiro atoms. The van der Waals surface area contributed by atoms with Gasteiger partial charge >= 0.3 is 5.97 Å². The number of fused-ring (bicyclic) bond motifs is 2. The second-order valence-corrected chi connectivity index (χ2v) is 14.2. The molecule has 1 aliphatic heterocycles. The minimum absolute atomic E-state index is 0.00237. The largest absolute Gasteiger partial charge is 0.453 e. The lowest BCUT2D eigenvalue weighted by Crippen LogP contribution is -2.64. The fraction of sp³-hybridized carbons (Fsp3) is 0.833. The first-order valence-corrected chi connectivity index (χ1v) is 13.7. The van der Waals surface area contributed by atoms with Crippen molar-refractivity contribution >= 4 is 5.97 Å². The number of ether oxygens (including phenoxy) is 1. The Morgan fingerprint density at radius 1 is 1.12 bits per heavy atom. The second-order valence-electron chi connectivity index (χ2n) is 14.2. The molecule has 2 N–H and O–H groups in total. The summed E-state index contributed by atoms with van der Waals surface area (Å²) in [5.74, 6) is 1.49. The number of esters is 1. The van der Waals surface area contributed by atoms with Crippen LogP contribution in [-0.2, 0) is 9.53 Å². The van der Waals surface area contributed by atoms with Gasteiger partial charge < -0.3 is 14.9 Å². The summed E-state index contributed by atoms with van der Waals surface area (Å²) in [6, 6.07) is 0. The fourth-order valence-corrected chi connectivity index (χ4v) is 9.75. The predicted molar refractivity (Wildman–Crippen MR) is 134 cm³/mol. The molecular weight excluding hydrogens is 424 g/mol. The van der Waals surface area contributed by atoms with Gasteiger partial charge in [0.25, 0.3) is 0 Å². The van der Waals surface area contributed by atoms with Gasteiger partial charge in [-0.15, -0.1) is 0 Å². The van der Waals surface area contributed by atoms with Crippen LogP contribution in [0.4, 0.5) is 0 Å². The predicted octanol–water partition coefficient (Wildman–Crippen LogP) is 5.82. The molecule has 2 bridgehead atoms. The highest BCUT2D eigenvalue weighted by molar-refractivity contribution is 5.83. The van der Waals surface area contributed by atoms with Crippen molar-refractivity contribution in [2.24, 2.45) is 45.3 Å². The number of allylic oxidation sites excluding steroid dienone is 2. The topological polar surface area (TPSA) is 66.8 Å². The molecule has 4 heteroatoms. The maximum absolute atomic E-state index is 13.9. The van der Waals surface area contributed by atoms with Gasteiger partial charge in [-0.05, 0) is 93.5 Å². The smallest absolute Gasteiger partial charge is 0.314 e. The number of hydrogen-bond acceptors (Lipinski definition) is 4. The molecule has 5 aliphatic rings. The molecule has 4 fully saturated rings. The normalized spacial score (nSPS) is 50.0. The van der Waals surface area contributed by atoms with Crippen molar-refractivity contribution < 1.29 is 19.7 Å². The zero-order chi connectivity index (χ0) is 24.9. The molecule has 0 aromatic rings. The molecule has 1 heterocycles. The van der Waals surface area contributed by atoms with Crippen LogP contribution < -0.4 is 0 Å². The van der Waals surface area contributed by atoms with E-state index in [0.717, 1.165) is 38.5 Å². The van der Waals surface area contributed by atoms with Gasteiger partial charge in [0, 0.05) is 11.3 Å². The molecule has 0 aromatic carbocycles. The van der Waals surface area contributed by atoms with Gasteiger partial charge in [-0.25, -0.2) is 0 Å². The van der Waals surface area contributed by atoms with Gasteiger partial charge in [-0.3, -0.25) is 4.79 Å². The quantitative estimate of drug-likeness (QED) is 0.401. The highest BCUT2D eigenvalue weighted by Gasteiger charge is 2.79. The summed E-state index contributed by atoms with van der Waals surface area (Å²) < 4.78 is 6.39. The van der Waals surface area contributed by atoms with Crippen LogP contribution in [0.25, 0.3) is 0 Å². The van der Waals surface area contributed by atoms with Crippen LogP contribution in [0.15, 0.2) is 24.3 Å². The summed E-state index contributed by atoms with van der Waals surface area (Å²) in [5, 5.41) is 21.0. The fourth-order valence-electron chi connectivity index (χ4n) is 9.75. The first-order chi connectivity index (χ1) is 15.7. The molecule has 4 aliphatic carbocycles. The van der Waals surface area contributed by atoms with Gasteiger partial charge in [0.15, 0.2) is 0 Å². The summed E-state index contributed by atoms with van der Waals surface area (Å²) >= 11 is 0. The molecule has 5 rings (SSSR count). The first-order valence-electron chi connectivity index (χ1n) is 13.7. The SMILES string of the molecule is CC(CC=CC(C)(C)O)[C@@H]1CC[C@@]2(C)[C@@H]3C=C[C@@]45OC(=O)[C@]3(CC[C@]12C)[C@H]4CCC(O)C5(C)C. The van der Waals surface area contributed by atoms with E-state index in [4.69, 9.17) is 4.74 Å². The number of rotatable bonds is 4. The Hall–Kier alpha value is -1.13. The minimum atomic E-state index is -0.769. The Morgan fingerprint density at radius 2 is 1.82 bits per heavy atom. The van der Waals surface area contributed by atoms with Crippen LogP contribution in [0.5, 0.6) is 0 Å². The third-order valence-corrected chi connectivity index (χ3v) is 12.0. The first kappa shape index (κ1) is 24.6. The number of carbonyl (C=O) groups excluding carboxylic acids is 1. The van der Waals surface area contributed by atoms with Crippen LogP contribution in [0.1, 0.15) is 93.4 Å². The van der Waals surface area contributed by atoms with Crippen LogP contribution in [0.3, 0.4) is 0 Å². The standard InChI is InChI=1S/C30H46O4/c1-19(9-8-14-25(2,3)33)20-12-15-28(7)21-13-16-30-22(10-11-23(31)26(30,4)5)29(21,24(32)34-30)18-17-27(20,28)6/h8,13-14,16,19-23,31,33H,9-12,15,17-18H2,1-7H3/t19?,20-,21-,22+,23?,27+,28-,29-,30+/m0/s1. The molecule has 3 saturated carbocycles. The third-order valence-electron chi connectivity index (χ3n) is 12.0. The number of carbonyl (C=O) groups is 1. The minimum Gasteiger partial charge on any atom is -0.453 e. The van der Waals surface area contributed by atoms with Crippen molar-refractivity contribution in [3.8, 4) is 0 Å². The lowest BCUT2D eigenvalue weighted by atomic mass is 9.38. The Morgan fingerprint density at radius 3 is 2.50 bits per heavy atom. The van der Waals surface area contributed by atoms with E-state index < -0.39 is 28.1 Å². The zero-order valence-corrected chi connectivity index (χ0v) is 22.4. The van der Waals surface area contributed by atoms with Crippen LogP contribution in [0, 0.1) is 45.3 Å². The lowest BCUT2D eigenvalue weighted by Gasteiger charge is -2.63. The molecule has 2 unspecified atom stereocenters. The average molecular weight is 471 g/mol. The van der Waals surface area contributed by atoms with E-state index in [1.807, 2.05) is 19.9 Å². The molecule has 0 radical (unpaired) electrons. The highest BCUT2D eigenvalue weighted by atomic mass is 16.6. The second kappa shape index (κ2) is 7.22. The van der Waals surface area contributed by atoms with Gasteiger partial charge in [-0.2, -0.15) is 0 Å². The van der Waals surface area contributed by atoms with Crippen molar-refractivity contribution in [1.82, 2.24) is 0 Å². The van der Waals surface area contributed by atoms with Gasteiger partial charge in [0.2, 0.25) is 0 Å². The number of hydrogen-bond donors (Lipinski definition) is 2. The van der Waals surface area contributed by atoms with Crippen LogP contribution in [-0.4, -0.2) is 33.5 Å². The molecule has 0 amide bonds. The summed E-state index contributed by atoms with van der Waals surface area (Å²) in [6.45, 7) is 15.2. The molecule has 9 atom stereocenters. The lowest BCUT2D eigenvalue weighted by molar-refractivity contribution is -0.173. The van der Waals surface area contributed by atoms with Crippen LogP contribution >= 0.6 is 0 Å². The van der Waals surface area contributed by atoms with E-state index in [0.29, 0.717) is 11.8 Å². The molecule has 1 saturated heterocycles. The molecular formula is C30H46O4. The van der Waals surface area contributed by atoms with E-state index in [1.165, 1.54) is 6.42 Å². The Balaban J connectivity index is 1.50. The maximum Gasteiger partial charge on any atom is 0.314 e. The van der Waals surface area contributed by atoms with Crippen molar-refractivity contribution in [3.05, 3.63) is 24.3 Å². The zero-order valence-electron chi connectivity index (χ0n) is 22.4. The Kier molecular flexibility index (Phi) is 5.21. The summed E-state index contributed by atoms with van der Waals surface area (Å²) in [6.07, 6.45) is 15.1. The van der Waals surface area contributed by atoms with E-state index in [9.17, 15) is 15.0 Å². The highest BCUT2D eigenvalue weighted by Crippen LogP contribution is 2.77. The van der Waals surface area contributed by atoms with Gasteiger partial charge in [-0.1, -0.05) is 52.8 Å². The monoisotopic (exact) mass is 470 g/mol. The number of aliphatic hydroxyl groups is 2. The van der Waals surface area contributed by atoms with Crippen molar-refractivity contribution in [1.29, 1.82) is 0 Å². The van der Waals surface area contributed by atoms with Gasteiger partial charge in [0.1, 0.15) is 5.60 Å². The van der Waals surface area contributed by atoms with Gasteiger partial charge in [0.05, 0.1) is 17.1 Å². The molecule has 190 valence electrons. The number of aliphatic hydroxyl groups excluding tert-OH is 1. The maximum atomic E-state index is 13.9. The summed E-state index contributed by atoms with van der Waals surface area (Å²) in [4.78, 5) is 13.9. The van der Waals surface area contributed by atoms with E-state index >= 15 is 0 Å². The van der Waals surface area contributed by atoms with Crippen molar-refractivity contribution in [3.63, 3.8) is 0 Å². The van der Waals surface area contributed by atoms with E-state index in [-0.39, 0.29) is 28.6 Å². The van der Waals surface area contributed by atoms with Crippen molar-refractivity contribution in [2.45, 2.75) is 111 Å². The third kappa shape index (κ3) is 2.82. The van der Waals surface area contributed by atoms with E-state index in [1.54, 1.807) is 0 Å². The molecule has 0 aromatic heterocycles. The Bertz CT molecular complexity index is 927. The average Bonchev–Trinajstić information content (AvgIpc) is 3.09. The van der Waals surface area contributed by atoms with Crippen molar-refractivity contribution in [2.75, 3.05) is 0 Å². The summed E-state index contributed by atoms with van der Waals surface area (Å²) in [5.41, 5.74) is -2.14. The molecule has 34 heavy (non-hydrogen) atoms. The summed E-state index contributed by atoms with van der Waals surface area (Å²) in [7, 11) is 0. The Labute approximate surface area is 206 Å². The van der Waals surface area contributed by atoms with E-state index in [2.05, 4.69) is 52.8 Å².